The largest absolute Gasteiger partial charge is 0.481 e. The fraction of sp³-hybridized carbons (Fsp3) is 0.900. The molecule has 1 rings (SSSR count). The highest BCUT2D eigenvalue weighted by Crippen LogP contribution is 2.36. The van der Waals surface area contributed by atoms with E-state index in [-0.39, 0.29) is 0 Å². The molecule has 0 bridgehead atoms. The number of aliphatic carboxylic acids is 1. The van der Waals surface area contributed by atoms with Crippen LogP contribution in [0.15, 0.2) is 0 Å². The highest BCUT2D eigenvalue weighted by Gasteiger charge is 2.39. The van der Waals surface area contributed by atoms with E-state index in [1.165, 1.54) is 6.42 Å². The maximum absolute atomic E-state index is 11.2. The van der Waals surface area contributed by atoms with E-state index in [0.29, 0.717) is 6.54 Å². The summed E-state index contributed by atoms with van der Waals surface area (Å²) in [4.78, 5) is 13.2. The summed E-state index contributed by atoms with van der Waals surface area (Å²) in [5.74, 6) is -0.610. The van der Waals surface area contributed by atoms with Crippen LogP contribution in [0.4, 0.5) is 0 Å². The zero-order chi connectivity index (χ0) is 9.90. The van der Waals surface area contributed by atoms with Gasteiger partial charge < -0.3 is 10.0 Å². The number of hydrogen-bond donors (Lipinski definition) is 1. The van der Waals surface area contributed by atoms with Gasteiger partial charge in [-0.2, -0.15) is 0 Å². The van der Waals surface area contributed by atoms with E-state index < -0.39 is 11.4 Å². The third kappa shape index (κ3) is 2.44. The molecule has 1 aliphatic carbocycles. The van der Waals surface area contributed by atoms with Crippen LogP contribution in [0.5, 0.6) is 0 Å². The molecule has 0 radical (unpaired) electrons. The highest BCUT2D eigenvalue weighted by atomic mass is 16.4. The minimum atomic E-state index is -0.610. The van der Waals surface area contributed by atoms with Crippen molar-refractivity contribution in [3.63, 3.8) is 0 Å². The van der Waals surface area contributed by atoms with Crippen LogP contribution >= 0.6 is 0 Å². The summed E-state index contributed by atoms with van der Waals surface area (Å²) in [5.41, 5.74) is -0.457. The Labute approximate surface area is 79.7 Å². The number of carboxylic acid groups (broad SMARTS) is 1. The molecule has 0 amide bonds. The lowest BCUT2D eigenvalue weighted by atomic mass is 9.74. The minimum Gasteiger partial charge on any atom is -0.481 e. The Kier molecular flexibility index (Phi) is 3.31. The lowest BCUT2D eigenvalue weighted by Gasteiger charge is -2.35. The van der Waals surface area contributed by atoms with Crippen molar-refractivity contribution in [2.45, 2.75) is 32.1 Å². The second-order valence-corrected chi connectivity index (χ2v) is 4.38. The van der Waals surface area contributed by atoms with E-state index in [4.69, 9.17) is 0 Å². The molecule has 76 valence electrons. The van der Waals surface area contributed by atoms with Crippen molar-refractivity contribution < 1.29 is 9.90 Å². The van der Waals surface area contributed by atoms with Gasteiger partial charge in [0.25, 0.3) is 0 Å². The number of carboxylic acids is 1. The molecule has 0 aliphatic heterocycles. The van der Waals surface area contributed by atoms with E-state index in [2.05, 4.69) is 0 Å². The Bertz CT molecular complexity index is 183. The fourth-order valence-corrected chi connectivity index (χ4v) is 2.27. The molecule has 0 saturated heterocycles. The highest BCUT2D eigenvalue weighted by molar-refractivity contribution is 5.75. The molecular weight excluding hydrogens is 166 g/mol. The summed E-state index contributed by atoms with van der Waals surface area (Å²) < 4.78 is 0. The molecular formula is C10H19NO2. The zero-order valence-corrected chi connectivity index (χ0v) is 8.55. The van der Waals surface area contributed by atoms with Crippen molar-refractivity contribution in [2.75, 3.05) is 20.6 Å². The summed E-state index contributed by atoms with van der Waals surface area (Å²) in [6, 6.07) is 0. The second-order valence-electron chi connectivity index (χ2n) is 4.38. The molecule has 13 heavy (non-hydrogen) atoms. The van der Waals surface area contributed by atoms with Crippen molar-refractivity contribution >= 4 is 5.97 Å². The number of hydrogen-bond acceptors (Lipinski definition) is 2. The molecule has 1 N–H and O–H groups in total. The van der Waals surface area contributed by atoms with Crippen molar-refractivity contribution in [1.29, 1.82) is 0 Å². The van der Waals surface area contributed by atoms with Crippen LogP contribution in [0, 0.1) is 5.41 Å². The van der Waals surface area contributed by atoms with Gasteiger partial charge >= 0.3 is 5.97 Å². The first-order valence-corrected chi connectivity index (χ1v) is 4.95. The van der Waals surface area contributed by atoms with Crippen LogP contribution in [-0.2, 0) is 4.79 Å². The molecule has 0 aromatic rings. The third-order valence-electron chi connectivity index (χ3n) is 2.88. The topological polar surface area (TPSA) is 40.5 Å². The number of carbonyl (C=O) groups is 1. The van der Waals surface area contributed by atoms with Crippen LogP contribution in [0.1, 0.15) is 32.1 Å². The van der Waals surface area contributed by atoms with Crippen molar-refractivity contribution in [3.8, 4) is 0 Å². The molecule has 0 unspecified atom stereocenters. The first-order chi connectivity index (χ1) is 6.07. The average Bonchev–Trinajstić information content (AvgIpc) is 2.04. The number of rotatable bonds is 3. The third-order valence-corrected chi connectivity index (χ3v) is 2.88. The SMILES string of the molecule is CN(C)CC1(C(=O)O)CCCCC1. The lowest BCUT2D eigenvalue weighted by molar-refractivity contribution is -0.152. The summed E-state index contributed by atoms with van der Waals surface area (Å²) in [6.07, 6.45) is 5.03. The monoisotopic (exact) mass is 185 g/mol. The molecule has 0 atom stereocenters. The fourth-order valence-electron chi connectivity index (χ4n) is 2.27. The van der Waals surface area contributed by atoms with Gasteiger partial charge in [0, 0.05) is 6.54 Å². The van der Waals surface area contributed by atoms with Gasteiger partial charge in [0.05, 0.1) is 5.41 Å². The predicted octanol–water partition coefficient (Wildman–Crippen LogP) is 1.58. The molecule has 0 aromatic carbocycles. The van der Waals surface area contributed by atoms with Crippen molar-refractivity contribution in [1.82, 2.24) is 4.90 Å². The molecule has 0 spiro atoms. The smallest absolute Gasteiger partial charge is 0.310 e. The van der Waals surface area contributed by atoms with Crippen molar-refractivity contribution in [2.24, 2.45) is 5.41 Å². The summed E-state index contributed by atoms with van der Waals surface area (Å²) in [5, 5.41) is 9.21. The Balaban J connectivity index is 2.67. The maximum Gasteiger partial charge on any atom is 0.310 e. The molecule has 0 aromatic heterocycles. The van der Waals surface area contributed by atoms with Crippen LogP contribution in [0.3, 0.4) is 0 Å². The van der Waals surface area contributed by atoms with Gasteiger partial charge in [-0.15, -0.1) is 0 Å². The van der Waals surface area contributed by atoms with Crippen LogP contribution in [0.25, 0.3) is 0 Å². The van der Waals surface area contributed by atoms with Gasteiger partial charge in [-0.25, -0.2) is 0 Å². The van der Waals surface area contributed by atoms with Gasteiger partial charge in [-0.05, 0) is 26.9 Å². The van der Waals surface area contributed by atoms with Gasteiger partial charge in [0.1, 0.15) is 0 Å². The molecule has 3 heteroatoms. The van der Waals surface area contributed by atoms with Gasteiger partial charge in [-0.1, -0.05) is 19.3 Å². The minimum absolute atomic E-state index is 0.457. The maximum atomic E-state index is 11.2. The first-order valence-electron chi connectivity index (χ1n) is 4.95. The van der Waals surface area contributed by atoms with Crippen LogP contribution < -0.4 is 0 Å². The van der Waals surface area contributed by atoms with E-state index in [9.17, 15) is 9.90 Å². The van der Waals surface area contributed by atoms with Gasteiger partial charge in [0.2, 0.25) is 0 Å². The van der Waals surface area contributed by atoms with E-state index in [1.54, 1.807) is 0 Å². The Hall–Kier alpha value is -0.570. The van der Waals surface area contributed by atoms with E-state index >= 15 is 0 Å². The Morgan fingerprint density at radius 1 is 1.31 bits per heavy atom. The zero-order valence-electron chi connectivity index (χ0n) is 8.55. The molecule has 1 saturated carbocycles. The Morgan fingerprint density at radius 2 is 1.85 bits per heavy atom. The Morgan fingerprint density at radius 3 is 2.23 bits per heavy atom. The summed E-state index contributed by atoms with van der Waals surface area (Å²) in [7, 11) is 3.89. The van der Waals surface area contributed by atoms with E-state index in [0.717, 1.165) is 25.7 Å². The van der Waals surface area contributed by atoms with Gasteiger partial charge in [-0.3, -0.25) is 4.79 Å². The van der Waals surface area contributed by atoms with Crippen molar-refractivity contribution in [3.05, 3.63) is 0 Å². The molecule has 0 heterocycles. The summed E-state index contributed by atoms with van der Waals surface area (Å²) in [6.45, 7) is 0.683. The average molecular weight is 185 g/mol. The second kappa shape index (κ2) is 4.09. The standard InChI is InChI=1S/C10H19NO2/c1-11(2)8-10(9(12)13)6-4-3-5-7-10/h3-8H2,1-2H3,(H,12,13). The predicted molar refractivity (Wildman–Crippen MR) is 51.7 cm³/mol. The first kappa shape index (κ1) is 10.5. The quantitative estimate of drug-likeness (QED) is 0.725. The van der Waals surface area contributed by atoms with Crippen LogP contribution in [0.2, 0.25) is 0 Å². The van der Waals surface area contributed by atoms with Crippen LogP contribution in [-0.4, -0.2) is 36.6 Å². The van der Waals surface area contributed by atoms with E-state index in [1.807, 2.05) is 19.0 Å². The summed E-state index contributed by atoms with van der Waals surface area (Å²) >= 11 is 0. The molecule has 1 aliphatic rings. The number of nitrogens with zero attached hydrogens (tertiary/aromatic N) is 1. The molecule has 1 fully saturated rings. The molecule has 3 nitrogen and oxygen atoms in total. The lowest BCUT2D eigenvalue weighted by Crippen LogP contribution is -2.42. The normalized spacial score (nSPS) is 21.8. The van der Waals surface area contributed by atoms with Gasteiger partial charge in [0.15, 0.2) is 0 Å².